The van der Waals surface area contributed by atoms with Crippen molar-refractivity contribution in [2.45, 2.75) is 19.5 Å². The summed E-state index contributed by atoms with van der Waals surface area (Å²) in [4.78, 5) is 1.25. The monoisotopic (exact) mass is 267 g/mol. The van der Waals surface area contributed by atoms with Crippen LogP contribution in [0.5, 0.6) is 0 Å². The van der Waals surface area contributed by atoms with Crippen LogP contribution in [0.1, 0.15) is 12.5 Å². The van der Waals surface area contributed by atoms with Crippen LogP contribution in [-0.4, -0.2) is 28.2 Å². The molecule has 1 atom stereocenters. The number of H-pyrrole nitrogens is 1. The molecular formula is C12H17N3S2. The van der Waals surface area contributed by atoms with Crippen molar-refractivity contribution in [3.05, 3.63) is 29.3 Å². The van der Waals surface area contributed by atoms with Crippen molar-refractivity contribution in [2.24, 2.45) is 0 Å². The fraction of sp³-hybridized carbons (Fsp3) is 0.417. The smallest absolute Gasteiger partial charge is 0.0794 e. The van der Waals surface area contributed by atoms with Crippen molar-refractivity contribution in [2.75, 3.05) is 12.0 Å². The predicted molar refractivity (Wildman–Crippen MR) is 76.6 cm³/mol. The molecule has 0 saturated heterocycles. The maximum Gasteiger partial charge on any atom is 0.0794 e. The van der Waals surface area contributed by atoms with Gasteiger partial charge >= 0.3 is 0 Å². The summed E-state index contributed by atoms with van der Waals surface area (Å²) in [5.74, 6) is 1.13. The number of thiophene rings is 1. The van der Waals surface area contributed by atoms with Gasteiger partial charge in [0.25, 0.3) is 0 Å². The van der Waals surface area contributed by atoms with Crippen LogP contribution in [-0.2, 0) is 6.54 Å². The fourth-order valence-corrected chi connectivity index (χ4v) is 3.05. The van der Waals surface area contributed by atoms with E-state index in [-0.39, 0.29) is 0 Å². The number of aromatic amines is 1. The van der Waals surface area contributed by atoms with Gasteiger partial charge in [0.05, 0.1) is 16.8 Å². The van der Waals surface area contributed by atoms with E-state index in [0.717, 1.165) is 18.0 Å². The van der Waals surface area contributed by atoms with Crippen molar-refractivity contribution in [1.82, 2.24) is 15.5 Å². The van der Waals surface area contributed by atoms with Gasteiger partial charge in [-0.1, -0.05) is 6.07 Å². The number of aromatic nitrogens is 2. The summed E-state index contributed by atoms with van der Waals surface area (Å²) in [5, 5.41) is 12.8. The van der Waals surface area contributed by atoms with Gasteiger partial charge in [0, 0.05) is 23.9 Å². The number of thioether (sulfide) groups is 1. The fourth-order valence-electron chi connectivity index (χ4n) is 1.67. The second kappa shape index (κ2) is 6.23. The van der Waals surface area contributed by atoms with E-state index in [1.165, 1.54) is 10.4 Å². The third-order valence-electron chi connectivity index (χ3n) is 2.54. The van der Waals surface area contributed by atoms with Gasteiger partial charge in [-0.3, -0.25) is 5.10 Å². The highest BCUT2D eigenvalue weighted by atomic mass is 32.2. The highest BCUT2D eigenvalue weighted by molar-refractivity contribution is 7.98. The maximum atomic E-state index is 4.14. The van der Waals surface area contributed by atoms with Crippen LogP contribution in [0, 0.1) is 0 Å². The highest BCUT2D eigenvalue weighted by Crippen LogP contribution is 2.25. The third-order valence-corrected chi connectivity index (χ3v) is 4.26. The molecule has 0 aromatic carbocycles. The molecule has 2 N–H and O–H groups in total. The average Bonchev–Trinajstić information content (AvgIpc) is 2.97. The summed E-state index contributed by atoms with van der Waals surface area (Å²) in [6.45, 7) is 3.08. The molecular weight excluding hydrogens is 250 g/mol. The van der Waals surface area contributed by atoms with E-state index in [1.54, 1.807) is 11.3 Å². The summed E-state index contributed by atoms with van der Waals surface area (Å²) in [7, 11) is 0. The quantitative estimate of drug-likeness (QED) is 0.845. The number of hydrogen-bond donors (Lipinski definition) is 2. The van der Waals surface area contributed by atoms with Gasteiger partial charge in [0.15, 0.2) is 0 Å². The molecule has 1 unspecified atom stereocenters. The average molecular weight is 267 g/mol. The zero-order chi connectivity index (χ0) is 12.1. The van der Waals surface area contributed by atoms with Crippen LogP contribution < -0.4 is 5.32 Å². The van der Waals surface area contributed by atoms with Crippen LogP contribution in [0.2, 0.25) is 0 Å². The van der Waals surface area contributed by atoms with Crippen LogP contribution in [0.4, 0.5) is 0 Å². The number of rotatable bonds is 6. The van der Waals surface area contributed by atoms with Gasteiger partial charge < -0.3 is 5.32 Å². The van der Waals surface area contributed by atoms with Gasteiger partial charge in [-0.25, -0.2) is 0 Å². The van der Waals surface area contributed by atoms with E-state index in [4.69, 9.17) is 0 Å². The Bertz CT molecular complexity index is 436. The lowest BCUT2D eigenvalue weighted by molar-refractivity contribution is 0.597. The molecule has 0 aliphatic carbocycles. The van der Waals surface area contributed by atoms with Crippen LogP contribution in [0.15, 0.2) is 23.7 Å². The molecule has 0 amide bonds. The second-order valence-electron chi connectivity index (χ2n) is 3.98. The van der Waals surface area contributed by atoms with Gasteiger partial charge in [-0.15, -0.1) is 11.3 Å². The second-order valence-corrected chi connectivity index (χ2v) is 5.84. The predicted octanol–water partition coefficient (Wildman–Crippen LogP) is 2.98. The minimum Gasteiger partial charge on any atom is -0.309 e. The Hall–Kier alpha value is -0.780. The molecule has 3 nitrogen and oxygen atoms in total. The Balaban J connectivity index is 2.00. The summed E-state index contributed by atoms with van der Waals surface area (Å²) in [6, 6.07) is 4.71. The highest BCUT2D eigenvalue weighted by Gasteiger charge is 2.09. The minimum absolute atomic E-state index is 0.524. The first-order chi connectivity index (χ1) is 8.31. The van der Waals surface area contributed by atoms with E-state index >= 15 is 0 Å². The Labute approximate surface area is 110 Å². The van der Waals surface area contributed by atoms with E-state index in [0.29, 0.717) is 6.04 Å². The SMILES string of the molecule is CSCC(C)NCc1cn[nH]c1-c1cccs1. The maximum absolute atomic E-state index is 4.14. The first-order valence-corrected chi connectivity index (χ1v) is 7.87. The van der Waals surface area contributed by atoms with Crippen LogP contribution in [0.25, 0.3) is 10.6 Å². The van der Waals surface area contributed by atoms with Gasteiger partial charge in [0.2, 0.25) is 0 Å². The lowest BCUT2D eigenvalue weighted by Crippen LogP contribution is -2.27. The third kappa shape index (κ3) is 3.34. The molecule has 0 fully saturated rings. The largest absolute Gasteiger partial charge is 0.309 e. The first kappa shape index (κ1) is 12.7. The van der Waals surface area contributed by atoms with Gasteiger partial charge in [0.1, 0.15) is 0 Å². The minimum atomic E-state index is 0.524. The Kier molecular flexibility index (Phi) is 4.65. The molecule has 0 aliphatic heterocycles. The van der Waals surface area contributed by atoms with Crippen LogP contribution in [0.3, 0.4) is 0 Å². The lowest BCUT2D eigenvalue weighted by atomic mass is 10.2. The molecule has 2 rings (SSSR count). The molecule has 92 valence electrons. The zero-order valence-electron chi connectivity index (χ0n) is 10.1. The molecule has 0 aliphatic rings. The van der Waals surface area contributed by atoms with E-state index < -0.39 is 0 Å². The number of nitrogens with one attached hydrogen (secondary N) is 2. The number of nitrogens with zero attached hydrogens (tertiary/aromatic N) is 1. The van der Waals surface area contributed by atoms with Crippen molar-refractivity contribution in [3.63, 3.8) is 0 Å². The van der Waals surface area contributed by atoms with Crippen molar-refractivity contribution < 1.29 is 0 Å². The van der Waals surface area contributed by atoms with Crippen LogP contribution >= 0.6 is 23.1 Å². The Morgan fingerprint density at radius 3 is 3.18 bits per heavy atom. The van der Waals surface area contributed by atoms with E-state index in [2.05, 4.69) is 46.2 Å². The summed E-state index contributed by atoms with van der Waals surface area (Å²) in [6.07, 6.45) is 4.04. The normalized spacial score (nSPS) is 12.8. The van der Waals surface area contributed by atoms with Gasteiger partial charge in [-0.2, -0.15) is 16.9 Å². The summed E-state index contributed by atoms with van der Waals surface area (Å²) in [5.41, 5.74) is 2.38. The molecule has 2 aromatic heterocycles. The van der Waals surface area contributed by atoms with Crippen molar-refractivity contribution in [3.8, 4) is 10.6 Å². The lowest BCUT2D eigenvalue weighted by Gasteiger charge is -2.11. The zero-order valence-corrected chi connectivity index (χ0v) is 11.7. The number of hydrogen-bond acceptors (Lipinski definition) is 4. The summed E-state index contributed by atoms with van der Waals surface area (Å²) >= 11 is 3.60. The summed E-state index contributed by atoms with van der Waals surface area (Å²) < 4.78 is 0. The molecule has 17 heavy (non-hydrogen) atoms. The Morgan fingerprint density at radius 2 is 2.47 bits per heavy atom. The standard InChI is InChI=1S/C12H17N3S2/c1-9(8-16-2)13-6-10-7-14-15-12(10)11-4-3-5-17-11/h3-5,7,9,13H,6,8H2,1-2H3,(H,14,15). The molecule has 2 aromatic rings. The van der Waals surface area contributed by atoms with E-state index in [9.17, 15) is 0 Å². The molecule has 2 heterocycles. The van der Waals surface area contributed by atoms with Gasteiger partial charge in [-0.05, 0) is 24.6 Å². The van der Waals surface area contributed by atoms with Crippen molar-refractivity contribution >= 4 is 23.1 Å². The van der Waals surface area contributed by atoms with E-state index in [1.807, 2.05) is 18.0 Å². The van der Waals surface area contributed by atoms with Crippen molar-refractivity contribution in [1.29, 1.82) is 0 Å². The Morgan fingerprint density at radius 1 is 1.59 bits per heavy atom. The topological polar surface area (TPSA) is 40.7 Å². The molecule has 0 saturated carbocycles. The first-order valence-electron chi connectivity index (χ1n) is 5.59. The molecule has 0 bridgehead atoms. The molecule has 0 spiro atoms. The molecule has 0 radical (unpaired) electrons. The molecule has 5 heteroatoms.